The highest BCUT2D eigenvalue weighted by molar-refractivity contribution is 6.28. The van der Waals surface area contributed by atoms with Gasteiger partial charge in [-0.15, -0.1) is 0 Å². The number of hydrogen-bond acceptors (Lipinski definition) is 3. The summed E-state index contributed by atoms with van der Waals surface area (Å²) >= 11 is 4.98. The molecule has 0 saturated carbocycles. The molecule has 0 spiro atoms. The Hall–Kier alpha value is -0.710. The third-order valence-electron chi connectivity index (χ3n) is 0.398. The standard InChI is InChI=1S/CClFN4/c2-1-4-5-6-7(1)3. The Bertz CT molecular complexity index is 144. The summed E-state index contributed by atoms with van der Waals surface area (Å²) in [7, 11) is 0. The number of nitrogens with zero attached hydrogens (tertiary/aromatic N) is 4. The molecule has 1 aromatic rings. The predicted molar refractivity (Wildman–Crippen MR) is 19.3 cm³/mol. The molecule has 0 aliphatic carbocycles. The molecule has 0 amide bonds. The van der Waals surface area contributed by atoms with Gasteiger partial charge < -0.3 is 0 Å². The van der Waals surface area contributed by atoms with E-state index in [0.717, 1.165) is 0 Å². The van der Waals surface area contributed by atoms with Crippen molar-refractivity contribution in [3.8, 4) is 0 Å². The molecule has 38 valence electrons. The van der Waals surface area contributed by atoms with Gasteiger partial charge in [0.25, 0.3) is 5.28 Å². The van der Waals surface area contributed by atoms with E-state index in [1.807, 2.05) is 0 Å². The molecule has 0 fully saturated rings. The first kappa shape index (κ1) is 4.45. The molecule has 0 bridgehead atoms. The van der Waals surface area contributed by atoms with Crippen LogP contribution in [0.3, 0.4) is 0 Å². The third kappa shape index (κ3) is 0.663. The smallest absolute Gasteiger partial charge is 0.0930 e. The highest BCUT2D eigenvalue weighted by atomic mass is 35.5. The Balaban J connectivity index is 3.12. The normalized spacial score (nSPS) is 9.43. The van der Waals surface area contributed by atoms with E-state index >= 15 is 0 Å². The van der Waals surface area contributed by atoms with Crippen LogP contribution in [-0.2, 0) is 0 Å². The van der Waals surface area contributed by atoms with Crippen molar-refractivity contribution in [3.05, 3.63) is 5.28 Å². The maximum Gasteiger partial charge on any atom is 0.276 e. The zero-order valence-electron chi connectivity index (χ0n) is 3.04. The van der Waals surface area contributed by atoms with Crippen molar-refractivity contribution in [1.82, 2.24) is 20.4 Å². The summed E-state index contributed by atoms with van der Waals surface area (Å²) in [5, 5.41) is 8.30. The van der Waals surface area contributed by atoms with Crippen LogP contribution in [0.25, 0.3) is 0 Å². The van der Waals surface area contributed by atoms with Crippen LogP contribution in [0.2, 0.25) is 5.28 Å². The Labute approximate surface area is 42.8 Å². The monoisotopic (exact) mass is 122 g/mol. The number of tetrazole rings is 1. The number of hydrogen-bond donors (Lipinski definition) is 0. The molecule has 0 unspecified atom stereocenters. The van der Waals surface area contributed by atoms with Crippen molar-refractivity contribution >= 4 is 11.6 Å². The SMILES string of the molecule is Fn1nnnc1Cl. The Morgan fingerprint density at radius 2 is 2.43 bits per heavy atom. The maximum absolute atomic E-state index is 11.6. The van der Waals surface area contributed by atoms with Gasteiger partial charge in [-0.25, -0.2) is 0 Å². The zero-order valence-corrected chi connectivity index (χ0v) is 3.80. The summed E-state index contributed by atoms with van der Waals surface area (Å²) < 4.78 is 11.6. The molecule has 0 saturated heterocycles. The van der Waals surface area contributed by atoms with Crippen LogP contribution in [0.1, 0.15) is 0 Å². The van der Waals surface area contributed by atoms with Crippen LogP contribution in [0.4, 0.5) is 4.48 Å². The quantitative estimate of drug-likeness (QED) is 0.489. The average molecular weight is 122 g/mol. The van der Waals surface area contributed by atoms with Crippen molar-refractivity contribution in [3.63, 3.8) is 0 Å². The largest absolute Gasteiger partial charge is 0.276 e. The fourth-order valence-corrected chi connectivity index (χ4v) is 0.233. The van der Waals surface area contributed by atoms with Gasteiger partial charge in [-0.3, -0.25) is 0 Å². The van der Waals surface area contributed by atoms with E-state index in [1.54, 1.807) is 0 Å². The lowest BCUT2D eigenvalue weighted by Crippen LogP contribution is -1.82. The molecule has 0 radical (unpaired) electrons. The molecule has 6 heteroatoms. The van der Waals surface area contributed by atoms with Gasteiger partial charge in [-0.05, 0) is 26.9 Å². The van der Waals surface area contributed by atoms with Gasteiger partial charge in [0.2, 0.25) is 0 Å². The molecule has 0 aliphatic rings. The highest BCUT2D eigenvalue weighted by Gasteiger charge is 1.95. The van der Waals surface area contributed by atoms with E-state index in [0.29, 0.717) is 0 Å². The summed E-state index contributed by atoms with van der Waals surface area (Å²) in [5.74, 6) is 0. The molecule has 0 N–H and O–H groups in total. The molecule has 1 heterocycles. The van der Waals surface area contributed by atoms with Crippen LogP contribution in [0.5, 0.6) is 0 Å². The Morgan fingerprint density at radius 3 is 2.57 bits per heavy atom. The van der Waals surface area contributed by atoms with E-state index in [-0.39, 0.29) is 10.2 Å². The predicted octanol–water partition coefficient (Wildman–Crippen LogP) is 0.0591. The minimum atomic E-state index is -0.361. The molecule has 4 nitrogen and oxygen atoms in total. The second kappa shape index (κ2) is 1.42. The fraction of sp³-hybridized carbons (Fsp3) is 0. The van der Waals surface area contributed by atoms with E-state index in [9.17, 15) is 4.48 Å². The lowest BCUT2D eigenvalue weighted by Gasteiger charge is -1.72. The number of aromatic nitrogens is 4. The second-order valence-electron chi connectivity index (χ2n) is 0.808. The molecule has 0 atom stereocenters. The van der Waals surface area contributed by atoms with E-state index in [1.165, 1.54) is 0 Å². The fourth-order valence-electron chi connectivity index (χ4n) is 0.166. The van der Waals surface area contributed by atoms with Crippen LogP contribution in [-0.4, -0.2) is 20.4 Å². The number of halogens is 2. The molecule has 1 aromatic heterocycles. The van der Waals surface area contributed by atoms with E-state index < -0.39 is 0 Å². The van der Waals surface area contributed by atoms with Gasteiger partial charge >= 0.3 is 0 Å². The average Bonchev–Trinajstić information content (AvgIpc) is 1.91. The molecular formula is CClFN4. The van der Waals surface area contributed by atoms with Gasteiger partial charge in [-0.1, -0.05) is 9.58 Å². The summed E-state index contributed by atoms with van der Waals surface area (Å²) in [6, 6.07) is 0. The molecule has 1 rings (SSSR count). The summed E-state index contributed by atoms with van der Waals surface area (Å²) in [6.07, 6.45) is 0. The van der Waals surface area contributed by atoms with Gasteiger partial charge in [0.05, 0.1) is 0 Å². The maximum atomic E-state index is 11.6. The van der Waals surface area contributed by atoms with Crippen molar-refractivity contribution in [2.24, 2.45) is 0 Å². The van der Waals surface area contributed by atoms with Crippen LogP contribution >= 0.6 is 11.6 Å². The third-order valence-corrected chi connectivity index (χ3v) is 0.613. The molecular weight excluding hydrogens is 122 g/mol. The zero-order chi connectivity index (χ0) is 5.28. The van der Waals surface area contributed by atoms with Crippen molar-refractivity contribution in [2.45, 2.75) is 0 Å². The summed E-state index contributed by atoms with van der Waals surface area (Å²) in [4.78, 5) is -0.123. The molecule has 0 aromatic carbocycles. The van der Waals surface area contributed by atoms with E-state index in [4.69, 9.17) is 11.6 Å². The lowest BCUT2D eigenvalue weighted by molar-refractivity contribution is 0.307. The van der Waals surface area contributed by atoms with Gasteiger partial charge in [0.1, 0.15) is 0 Å². The first-order valence-electron chi connectivity index (χ1n) is 1.41. The first-order valence-corrected chi connectivity index (χ1v) is 1.78. The first-order chi connectivity index (χ1) is 3.30. The van der Waals surface area contributed by atoms with Gasteiger partial charge in [-0.2, -0.15) is 0 Å². The summed E-state index contributed by atoms with van der Waals surface area (Å²) in [5.41, 5.74) is 0. The van der Waals surface area contributed by atoms with Gasteiger partial charge in [0, 0.05) is 0 Å². The van der Waals surface area contributed by atoms with Crippen LogP contribution in [0, 0.1) is 0 Å². The minimum absolute atomic E-state index is 0.123. The van der Waals surface area contributed by atoms with Gasteiger partial charge in [0.15, 0.2) is 0 Å². The van der Waals surface area contributed by atoms with Crippen LogP contribution < -0.4 is 0 Å². The lowest BCUT2D eigenvalue weighted by atomic mass is 11.4. The van der Waals surface area contributed by atoms with Crippen molar-refractivity contribution < 1.29 is 4.48 Å². The van der Waals surface area contributed by atoms with Crippen LogP contribution in [0.15, 0.2) is 0 Å². The van der Waals surface area contributed by atoms with Crippen molar-refractivity contribution in [2.75, 3.05) is 0 Å². The van der Waals surface area contributed by atoms with Crippen molar-refractivity contribution in [1.29, 1.82) is 0 Å². The highest BCUT2D eigenvalue weighted by Crippen LogP contribution is 1.96. The number of rotatable bonds is 0. The topological polar surface area (TPSA) is 43.6 Å². The van der Waals surface area contributed by atoms with E-state index in [2.05, 4.69) is 15.5 Å². The summed E-state index contributed by atoms with van der Waals surface area (Å²) in [6.45, 7) is 0. The minimum Gasteiger partial charge on any atom is -0.0930 e. The molecule has 0 aliphatic heterocycles. The Kier molecular flexibility index (Phi) is 0.900. The molecule has 7 heavy (non-hydrogen) atoms. The second-order valence-corrected chi connectivity index (χ2v) is 1.15. The Morgan fingerprint density at radius 1 is 1.71 bits per heavy atom.